The van der Waals surface area contributed by atoms with Crippen LogP contribution in [-0.2, 0) is 14.3 Å². The van der Waals surface area contributed by atoms with Crippen molar-refractivity contribution in [3.8, 4) is 0 Å². The van der Waals surface area contributed by atoms with E-state index in [1.54, 1.807) is 4.90 Å². The summed E-state index contributed by atoms with van der Waals surface area (Å²) in [5.74, 6) is 0.0612. The van der Waals surface area contributed by atoms with Gasteiger partial charge in [0.1, 0.15) is 6.61 Å². The smallest absolute Gasteiger partial charge is 0.248 e. The summed E-state index contributed by atoms with van der Waals surface area (Å²) in [4.78, 5) is 13.7. The molecular formula is C12H22N2O3. The largest absolute Gasteiger partial charge is 0.378 e. The van der Waals surface area contributed by atoms with Crippen LogP contribution in [0.5, 0.6) is 0 Å². The van der Waals surface area contributed by atoms with Crippen molar-refractivity contribution in [2.75, 3.05) is 32.9 Å². The molecule has 5 nitrogen and oxygen atoms in total. The predicted molar refractivity (Wildman–Crippen MR) is 63.6 cm³/mol. The first-order chi connectivity index (χ1) is 8.27. The van der Waals surface area contributed by atoms with Crippen molar-refractivity contribution >= 4 is 5.91 Å². The first kappa shape index (κ1) is 12.8. The molecule has 0 aromatic heterocycles. The van der Waals surface area contributed by atoms with Crippen LogP contribution >= 0.6 is 0 Å². The number of carbonyl (C=O) groups excluding carboxylic acids is 1. The Labute approximate surface area is 102 Å². The van der Waals surface area contributed by atoms with Gasteiger partial charge in [-0.3, -0.25) is 4.79 Å². The maximum atomic E-state index is 11.9. The molecule has 98 valence electrons. The molecule has 1 saturated carbocycles. The Bertz CT molecular complexity index is 254. The van der Waals surface area contributed by atoms with E-state index in [4.69, 9.17) is 15.2 Å². The van der Waals surface area contributed by atoms with Gasteiger partial charge in [-0.1, -0.05) is 12.8 Å². The molecule has 0 aromatic carbocycles. The van der Waals surface area contributed by atoms with Crippen molar-refractivity contribution < 1.29 is 14.3 Å². The summed E-state index contributed by atoms with van der Waals surface area (Å²) >= 11 is 0. The van der Waals surface area contributed by atoms with Crippen LogP contribution in [0.1, 0.15) is 25.7 Å². The van der Waals surface area contributed by atoms with Crippen LogP contribution in [0.4, 0.5) is 0 Å². The van der Waals surface area contributed by atoms with E-state index >= 15 is 0 Å². The van der Waals surface area contributed by atoms with E-state index in [9.17, 15) is 4.79 Å². The van der Waals surface area contributed by atoms with Crippen molar-refractivity contribution in [1.82, 2.24) is 4.90 Å². The summed E-state index contributed by atoms with van der Waals surface area (Å²) in [6.07, 6.45) is 4.39. The molecule has 2 fully saturated rings. The van der Waals surface area contributed by atoms with Crippen LogP contribution < -0.4 is 5.73 Å². The van der Waals surface area contributed by atoms with Gasteiger partial charge >= 0.3 is 0 Å². The highest BCUT2D eigenvalue weighted by Gasteiger charge is 2.24. The van der Waals surface area contributed by atoms with Gasteiger partial charge in [-0.25, -0.2) is 0 Å². The standard InChI is InChI=1S/C12H22N2O3/c13-10-3-1-2-4-11(10)17-9-12(15)14-5-7-16-8-6-14/h10-11H,1-9,13H2. The highest BCUT2D eigenvalue weighted by atomic mass is 16.5. The van der Waals surface area contributed by atoms with Gasteiger partial charge in [0, 0.05) is 19.1 Å². The lowest BCUT2D eigenvalue weighted by Crippen LogP contribution is -2.45. The average Bonchev–Trinajstić information content (AvgIpc) is 2.38. The normalized spacial score (nSPS) is 30.3. The predicted octanol–water partition coefficient (Wildman–Crippen LogP) is 0.132. The van der Waals surface area contributed by atoms with Gasteiger partial charge in [0.25, 0.3) is 0 Å². The minimum absolute atomic E-state index is 0.0612. The maximum Gasteiger partial charge on any atom is 0.248 e. The number of amides is 1. The third-order valence-electron chi connectivity index (χ3n) is 3.54. The molecular weight excluding hydrogens is 220 g/mol. The minimum Gasteiger partial charge on any atom is -0.378 e. The fourth-order valence-electron chi connectivity index (χ4n) is 2.41. The fourth-order valence-corrected chi connectivity index (χ4v) is 2.41. The summed E-state index contributed by atoms with van der Waals surface area (Å²) in [5.41, 5.74) is 5.97. The van der Waals surface area contributed by atoms with E-state index in [0.29, 0.717) is 26.3 Å². The lowest BCUT2D eigenvalue weighted by Gasteiger charge is -2.30. The quantitative estimate of drug-likeness (QED) is 0.764. The molecule has 0 spiro atoms. The number of nitrogens with zero attached hydrogens (tertiary/aromatic N) is 1. The number of carbonyl (C=O) groups is 1. The van der Waals surface area contributed by atoms with Crippen LogP contribution in [0.2, 0.25) is 0 Å². The van der Waals surface area contributed by atoms with Crippen molar-refractivity contribution in [3.05, 3.63) is 0 Å². The van der Waals surface area contributed by atoms with Crippen LogP contribution in [0.25, 0.3) is 0 Å². The van der Waals surface area contributed by atoms with E-state index in [2.05, 4.69) is 0 Å². The monoisotopic (exact) mass is 242 g/mol. The highest BCUT2D eigenvalue weighted by molar-refractivity contribution is 5.77. The molecule has 1 amide bonds. The Morgan fingerprint density at radius 3 is 2.71 bits per heavy atom. The number of hydrogen-bond donors (Lipinski definition) is 1. The first-order valence-corrected chi connectivity index (χ1v) is 6.50. The lowest BCUT2D eigenvalue weighted by atomic mass is 9.93. The molecule has 2 aliphatic rings. The molecule has 5 heteroatoms. The summed E-state index contributed by atoms with van der Waals surface area (Å²) in [6, 6.07) is 0.0984. The highest BCUT2D eigenvalue weighted by Crippen LogP contribution is 2.19. The molecule has 0 radical (unpaired) electrons. The second-order valence-electron chi connectivity index (χ2n) is 4.79. The van der Waals surface area contributed by atoms with E-state index in [-0.39, 0.29) is 24.7 Å². The van der Waals surface area contributed by atoms with Crippen LogP contribution in [0.15, 0.2) is 0 Å². The second kappa shape index (κ2) is 6.33. The molecule has 1 aliphatic heterocycles. The molecule has 17 heavy (non-hydrogen) atoms. The molecule has 1 heterocycles. The summed E-state index contributed by atoms with van der Waals surface area (Å²) < 4.78 is 10.9. The van der Waals surface area contributed by atoms with E-state index in [0.717, 1.165) is 19.3 Å². The fraction of sp³-hybridized carbons (Fsp3) is 0.917. The molecule has 1 aliphatic carbocycles. The van der Waals surface area contributed by atoms with Gasteiger partial charge in [-0.15, -0.1) is 0 Å². The Kier molecular flexibility index (Phi) is 4.76. The summed E-state index contributed by atoms with van der Waals surface area (Å²) in [5, 5.41) is 0. The lowest BCUT2D eigenvalue weighted by molar-refractivity contribution is -0.143. The Morgan fingerprint density at radius 1 is 1.29 bits per heavy atom. The summed E-state index contributed by atoms with van der Waals surface area (Å²) in [6.45, 7) is 2.79. The second-order valence-corrected chi connectivity index (χ2v) is 4.79. The molecule has 2 unspecified atom stereocenters. The summed E-state index contributed by atoms with van der Waals surface area (Å²) in [7, 11) is 0. The Hall–Kier alpha value is -0.650. The number of hydrogen-bond acceptors (Lipinski definition) is 4. The first-order valence-electron chi connectivity index (χ1n) is 6.50. The van der Waals surface area contributed by atoms with Crippen LogP contribution in [0, 0.1) is 0 Å². The van der Waals surface area contributed by atoms with Crippen molar-refractivity contribution in [2.45, 2.75) is 37.8 Å². The SMILES string of the molecule is NC1CCCCC1OCC(=O)N1CCOCC1. The Morgan fingerprint density at radius 2 is 2.00 bits per heavy atom. The number of morpholine rings is 1. The van der Waals surface area contributed by atoms with Gasteiger partial charge < -0.3 is 20.1 Å². The molecule has 2 N–H and O–H groups in total. The molecule has 2 atom stereocenters. The molecule has 0 bridgehead atoms. The third-order valence-corrected chi connectivity index (χ3v) is 3.54. The van der Waals surface area contributed by atoms with Crippen molar-refractivity contribution in [3.63, 3.8) is 0 Å². The van der Waals surface area contributed by atoms with Gasteiger partial charge in [0.2, 0.25) is 5.91 Å². The third kappa shape index (κ3) is 3.66. The molecule has 0 aromatic rings. The van der Waals surface area contributed by atoms with Crippen molar-refractivity contribution in [1.29, 1.82) is 0 Å². The molecule has 1 saturated heterocycles. The van der Waals surface area contributed by atoms with Crippen LogP contribution in [-0.4, -0.2) is 55.9 Å². The number of nitrogens with two attached hydrogens (primary N) is 1. The van der Waals surface area contributed by atoms with Crippen LogP contribution in [0.3, 0.4) is 0 Å². The van der Waals surface area contributed by atoms with E-state index < -0.39 is 0 Å². The molecule has 2 rings (SSSR count). The average molecular weight is 242 g/mol. The minimum atomic E-state index is 0.0612. The van der Waals surface area contributed by atoms with Crippen molar-refractivity contribution in [2.24, 2.45) is 5.73 Å². The van der Waals surface area contributed by atoms with E-state index in [1.807, 2.05) is 0 Å². The zero-order chi connectivity index (χ0) is 12.1. The maximum absolute atomic E-state index is 11.9. The number of ether oxygens (including phenoxy) is 2. The zero-order valence-corrected chi connectivity index (χ0v) is 10.3. The van der Waals surface area contributed by atoms with Gasteiger partial charge in [0.05, 0.1) is 19.3 Å². The zero-order valence-electron chi connectivity index (χ0n) is 10.3. The van der Waals surface area contributed by atoms with Gasteiger partial charge in [-0.05, 0) is 12.8 Å². The van der Waals surface area contributed by atoms with Gasteiger partial charge in [-0.2, -0.15) is 0 Å². The van der Waals surface area contributed by atoms with E-state index in [1.165, 1.54) is 6.42 Å². The Balaban J connectivity index is 1.71. The number of rotatable bonds is 3. The topological polar surface area (TPSA) is 64.8 Å². The van der Waals surface area contributed by atoms with Gasteiger partial charge in [0.15, 0.2) is 0 Å².